The summed E-state index contributed by atoms with van der Waals surface area (Å²) in [5.41, 5.74) is 0. The summed E-state index contributed by atoms with van der Waals surface area (Å²) in [6.45, 7) is 4.85. The molecule has 0 aromatic carbocycles. The Kier molecular flexibility index (Phi) is 4.82. The van der Waals surface area contributed by atoms with E-state index in [-0.39, 0.29) is 0 Å². The Morgan fingerprint density at radius 1 is 1.06 bits per heavy atom. The summed E-state index contributed by atoms with van der Waals surface area (Å²) in [6, 6.07) is 1.74. The molecule has 0 bridgehead atoms. The van der Waals surface area contributed by atoms with Crippen LogP contribution in [0, 0.1) is 0 Å². The Balaban J connectivity index is 2.11. The Morgan fingerprint density at radius 3 is 2.18 bits per heavy atom. The lowest BCUT2D eigenvalue weighted by Gasteiger charge is -2.52. The highest BCUT2D eigenvalue weighted by atomic mass is 32.3. The molecule has 0 aromatic rings. The Bertz CT molecular complexity index is 229. The van der Waals surface area contributed by atoms with Crippen molar-refractivity contribution in [2.45, 2.75) is 77.3 Å². The van der Waals surface area contributed by atoms with E-state index >= 15 is 0 Å². The number of hydrogen-bond donors (Lipinski definition) is 0. The first-order chi connectivity index (χ1) is 8.17. The molecule has 2 heteroatoms. The van der Waals surface area contributed by atoms with E-state index in [0.29, 0.717) is 0 Å². The van der Waals surface area contributed by atoms with E-state index in [1.165, 1.54) is 62.9 Å². The van der Waals surface area contributed by atoms with Crippen LogP contribution in [0.3, 0.4) is 0 Å². The lowest BCUT2D eigenvalue weighted by molar-refractivity contribution is 0.220. The van der Waals surface area contributed by atoms with Crippen LogP contribution >= 0.6 is 10.2 Å². The zero-order valence-corrected chi connectivity index (χ0v) is 12.9. The molecule has 0 spiro atoms. The molecule has 0 aromatic heterocycles. The van der Waals surface area contributed by atoms with E-state index in [1.54, 1.807) is 0 Å². The zero-order chi connectivity index (χ0) is 12.3. The van der Waals surface area contributed by atoms with Crippen molar-refractivity contribution < 1.29 is 0 Å². The molecule has 1 saturated heterocycles. The summed E-state index contributed by atoms with van der Waals surface area (Å²) >= 11 is 0. The molecule has 1 aliphatic heterocycles. The van der Waals surface area contributed by atoms with Gasteiger partial charge in [-0.05, 0) is 56.8 Å². The molecule has 0 radical (unpaired) electrons. The smallest absolute Gasteiger partial charge is 0.0190 e. The summed E-state index contributed by atoms with van der Waals surface area (Å²) in [7, 11) is -0.422. The van der Waals surface area contributed by atoms with Gasteiger partial charge in [0.2, 0.25) is 0 Å². The van der Waals surface area contributed by atoms with Gasteiger partial charge in [0.15, 0.2) is 0 Å². The summed E-state index contributed by atoms with van der Waals surface area (Å²) < 4.78 is 3.03. The molecule has 1 nitrogen and oxygen atoms in total. The molecule has 2 rings (SSSR count). The van der Waals surface area contributed by atoms with Crippen LogP contribution in [0.25, 0.3) is 0 Å². The van der Waals surface area contributed by atoms with Crippen LogP contribution in [-0.4, -0.2) is 34.2 Å². The zero-order valence-electron chi connectivity index (χ0n) is 12.1. The number of nitrogens with zero attached hydrogens (tertiary/aromatic N) is 1. The topological polar surface area (TPSA) is 3.24 Å². The van der Waals surface area contributed by atoms with Crippen LogP contribution in [0.2, 0.25) is 0 Å². The Hall–Kier alpha value is 0.310. The standard InChI is InChI=1S/C15H31NS/c1-4-14(2)16(15-10-6-5-7-11-15)17(3)12-8-9-13-17/h14-15H,4-13H2,1-3H3. The first-order valence-corrected chi connectivity index (χ1v) is 10.0. The average Bonchev–Trinajstić information content (AvgIpc) is 2.78. The molecule has 1 aliphatic carbocycles. The summed E-state index contributed by atoms with van der Waals surface area (Å²) in [4.78, 5) is 0. The van der Waals surface area contributed by atoms with Gasteiger partial charge in [-0.3, -0.25) is 4.31 Å². The first kappa shape index (κ1) is 13.7. The number of hydrogen-bond acceptors (Lipinski definition) is 1. The van der Waals surface area contributed by atoms with Gasteiger partial charge in [0.05, 0.1) is 0 Å². The predicted molar refractivity (Wildman–Crippen MR) is 80.9 cm³/mol. The van der Waals surface area contributed by atoms with Crippen molar-refractivity contribution in [3.63, 3.8) is 0 Å². The third-order valence-electron chi connectivity index (χ3n) is 4.89. The lowest BCUT2D eigenvalue weighted by Crippen LogP contribution is -2.44. The van der Waals surface area contributed by atoms with Gasteiger partial charge in [0.25, 0.3) is 0 Å². The van der Waals surface area contributed by atoms with Crippen molar-refractivity contribution in [2.24, 2.45) is 0 Å². The van der Waals surface area contributed by atoms with Gasteiger partial charge < -0.3 is 0 Å². The molecule has 2 fully saturated rings. The average molecular weight is 257 g/mol. The summed E-state index contributed by atoms with van der Waals surface area (Å²) in [5.74, 6) is 3.04. The maximum Gasteiger partial charge on any atom is 0.0190 e. The molecular formula is C15H31NS. The molecule has 1 atom stereocenters. The van der Waals surface area contributed by atoms with Gasteiger partial charge >= 0.3 is 0 Å². The second-order valence-corrected chi connectivity index (χ2v) is 9.93. The third-order valence-corrected chi connectivity index (χ3v) is 8.90. The SMILES string of the molecule is CCC(C)N(C1CCCCC1)S1(C)CCCC1. The fourth-order valence-electron chi connectivity index (χ4n) is 3.81. The van der Waals surface area contributed by atoms with Crippen LogP contribution in [0.1, 0.15) is 65.2 Å². The monoisotopic (exact) mass is 257 g/mol. The van der Waals surface area contributed by atoms with Crippen LogP contribution in [0.5, 0.6) is 0 Å². The van der Waals surface area contributed by atoms with Gasteiger partial charge in [0.1, 0.15) is 0 Å². The molecule has 102 valence electrons. The van der Waals surface area contributed by atoms with E-state index in [9.17, 15) is 0 Å². The molecule has 1 heterocycles. The van der Waals surface area contributed by atoms with Crippen LogP contribution in [0.4, 0.5) is 0 Å². The maximum atomic E-state index is 3.03. The van der Waals surface area contributed by atoms with Gasteiger partial charge in [-0.1, -0.05) is 26.2 Å². The molecule has 17 heavy (non-hydrogen) atoms. The highest BCUT2D eigenvalue weighted by Gasteiger charge is 2.37. The van der Waals surface area contributed by atoms with Crippen LogP contribution in [0.15, 0.2) is 0 Å². The fraction of sp³-hybridized carbons (Fsp3) is 1.00. The highest BCUT2D eigenvalue weighted by Crippen LogP contribution is 2.57. The fourth-order valence-corrected chi connectivity index (χ4v) is 8.03. The van der Waals surface area contributed by atoms with Crippen molar-refractivity contribution in [3.8, 4) is 0 Å². The molecule has 2 aliphatic rings. The van der Waals surface area contributed by atoms with Gasteiger partial charge in [-0.15, -0.1) is 0 Å². The van der Waals surface area contributed by atoms with Gasteiger partial charge in [-0.25, -0.2) is 0 Å². The predicted octanol–water partition coefficient (Wildman–Crippen LogP) is 4.56. The molecule has 1 saturated carbocycles. The van der Waals surface area contributed by atoms with E-state index in [2.05, 4.69) is 24.4 Å². The lowest BCUT2D eigenvalue weighted by atomic mass is 9.95. The highest BCUT2D eigenvalue weighted by molar-refractivity contribution is 8.31. The van der Waals surface area contributed by atoms with Gasteiger partial charge in [0, 0.05) is 12.1 Å². The molecular weight excluding hydrogens is 226 g/mol. The van der Waals surface area contributed by atoms with Crippen molar-refractivity contribution in [1.29, 1.82) is 0 Å². The van der Waals surface area contributed by atoms with E-state index in [4.69, 9.17) is 0 Å². The van der Waals surface area contributed by atoms with Crippen molar-refractivity contribution in [2.75, 3.05) is 17.8 Å². The molecule has 0 amide bonds. The first-order valence-electron chi connectivity index (χ1n) is 7.69. The summed E-state index contributed by atoms with van der Waals surface area (Å²) in [6.07, 6.45) is 14.3. The van der Waals surface area contributed by atoms with Crippen molar-refractivity contribution in [3.05, 3.63) is 0 Å². The second kappa shape index (κ2) is 5.97. The van der Waals surface area contributed by atoms with E-state index < -0.39 is 10.2 Å². The summed E-state index contributed by atoms with van der Waals surface area (Å²) in [5, 5.41) is 0. The maximum absolute atomic E-state index is 3.03. The Labute approximate surface area is 110 Å². The van der Waals surface area contributed by atoms with Crippen molar-refractivity contribution in [1.82, 2.24) is 4.31 Å². The third kappa shape index (κ3) is 3.01. The largest absolute Gasteiger partial charge is 0.262 e. The quantitative estimate of drug-likeness (QED) is 0.713. The Morgan fingerprint density at radius 2 is 1.65 bits per heavy atom. The van der Waals surface area contributed by atoms with Crippen molar-refractivity contribution >= 4 is 10.2 Å². The molecule has 0 N–H and O–H groups in total. The minimum absolute atomic E-state index is 0.422. The van der Waals surface area contributed by atoms with E-state index in [1.807, 2.05) is 0 Å². The molecule has 1 unspecified atom stereocenters. The van der Waals surface area contributed by atoms with Crippen LogP contribution in [-0.2, 0) is 0 Å². The minimum atomic E-state index is -0.422. The second-order valence-electron chi connectivity index (χ2n) is 6.25. The van der Waals surface area contributed by atoms with E-state index in [0.717, 1.165) is 12.1 Å². The van der Waals surface area contributed by atoms with Gasteiger partial charge in [-0.2, -0.15) is 10.2 Å². The minimum Gasteiger partial charge on any atom is -0.262 e. The normalized spacial score (nSPS) is 29.4. The van der Waals surface area contributed by atoms with Crippen LogP contribution < -0.4 is 0 Å². The number of rotatable bonds is 4.